The summed E-state index contributed by atoms with van der Waals surface area (Å²) in [6.45, 7) is 8.78. The average molecular weight is 219 g/mol. The van der Waals surface area contributed by atoms with Crippen molar-refractivity contribution >= 4 is 5.95 Å². The summed E-state index contributed by atoms with van der Waals surface area (Å²) in [6.07, 6.45) is 5.76. The van der Waals surface area contributed by atoms with Crippen molar-refractivity contribution in [2.45, 2.75) is 45.4 Å². The normalized spacial score (nSPS) is 17.6. The van der Waals surface area contributed by atoms with Gasteiger partial charge < -0.3 is 4.90 Å². The molecule has 0 aliphatic carbocycles. The first-order valence-corrected chi connectivity index (χ1v) is 6.16. The van der Waals surface area contributed by atoms with Crippen molar-refractivity contribution < 1.29 is 0 Å². The summed E-state index contributed by atoms with van der Waals surface area (Å²) in [5.74, 6) is 0.909. The fourth-order valence-electron chi connectivity index (χ4n) is 2.01. The SMILES string of the molecule is CC(C)(C)c1ccnc(N2CCCCC2)n1. The lowest BCUT2D eigenvalue weighted by Gasteiger charge is -2.28. The molecule has 3 nitrogen and oxygen atoms in total. The van der Waals surface area contributed by atoms with Crippen LogP contribution in [0, 0.1) is 0 Å². The molecule has 0 unspecified atom stereocenters. The van der Waals surface area contributed by atoms with Gasteiger partial charge in [0, 0.05) is 24.7 Å². The van der Waals surface area contributed by atoms with Crippen LogP contribution in [0.1, 0.15) is 45.7 Å². The van der Waals surface area contributed by atoms with E-state index in [1.165, 1.54) is 19.3 Å². The Morgan fingerprint density at radius 1 is 1.12 bits per heavy atom. The molecule has 0 bridgehead atoms. The van der Waals surface area contributed by atoms with Crippen molar-refractivity contribution in [2.24, 2.45) is 0 Å². The van der Waals surface area contributed by atoms with Gasteiger partial charge >= 0.3 is 0 Å². The second-order valence-electron chi connectivity index (χ2n) is 5.54. The topological polar surface area (TPSA) is 29.0 Å². The summed E-state index contributed by atoms with van der Waals surface area (Å²) in [5, 5.41) is 0. The summed E-state index contributed by atoms with van der Waals surface area (Å²) in [6, 6.07) is 2.02. The number of aromatic nitrogens is 2. The van der Waals surface area contributed by atoms with Crippen LogP contribution in [0.15, 0.2) is 12.3 Å². The summed E-state index contributed by atoms with van der Waals surface area (Å²) in [7, 11) is 0. The van der Waals surface area contributed by atoms with E-state index in [0.717, 1.165) is 24.7 Å². The molecule has 0 atom stereocenters. The maximum Gasteiger partial charge on any atom is 0.225 e. The summed E-state index contributed by atoms with van der Waals surface area (Å²) in [4.78, 5) is 11.4. The van der Waals surface area contributed by atoms with E-state index >= 15 is 0 Å². The zero-order valence-electron chi connectivity index (χ0n) is 10.5. The monoisotopic (exact) mass is 219 g/mol. The number of nitrogens with zero attached hydrogens (tertiary/aromatic N) is 3. The maximum atomic E-state index is 4.68. The zero-order chi connectivity index (χ0) is 11.6. The molecule has 0 radical (unpaired) electrons. The van der Waals surface area contributed by atoms with E-state index < -0.39 is 0 Å². The van der Waals surface area contributed by atoms with Crippen LogP contribution in [-0.2, 0) is 5.41 Å². The molecule has 0 amide bonds. The van der Waals surface area contributed by atoms with E-state index in [9.17, 15) is 0 Å². The fourth-order valence-corrected chi connectivity index (χ4v) is 2.01. The second-order valence-corrected chi connectivity index (χ2v) is 5.54. The molecule has 16 heavy (non-hydrogen) atoms. The van der Waals surface area contributed by atoms with Crippen molar-refractivity contribution in [3.05, 3.63) is 18.0 Å². The minimum absolute atomic E-state index is 0.105. The molecule has 2 rings (SSSR count). The first-order chi connectivity index (χ1) is 7.57. The molecule has 2 heterocycles. The van der Waals surface area contributed by atoms with Crippen LogP contribution in [0.5, 0.6) is 0 Å². The highest BCUT2D eigenvalue weighted by molar-refractivity contribution is 5.32. The van der Waals surface area contributed by atoms with Crippen LogP contribution in [0.4, 0.5) is 5.95 Å². The lowest BCUT2D eigenvalue weighted by molar-refractivity contribution is 0.547. The first kappa shape index (κ1) is 11.4. The predicted octanol–water partition coefficient (Wildman–Crippen LogP) is 2.76. The Bertz CT molecular complexity index is 348. The van der Waals surface area contributed by atoms with Gasteiger partial charge in [-0.25, -0.2) is 9.97 Å². The fraction of sp³-hybridized carbons (Fsp3) is 0.692. The second kappa shape index (κ2) is 4.40. The molecule has 0 aromatic carbocycles. The zero-order valence-corrected chi connectivity index (χ0v) is 10.5. The third kappa shape index (κ3) is 2.52. The molecule has 1 fully saturated rings. The Balaban J connectivity index is 2.21. The number of hydrogen-bond donors (Lipinski definition) is 0. The van der Waals surface area contributed by atoms with E-state index in [0.29, 0.717) is 0 Å². The van der Waals surface area contributed by atoms with Gasteiger partial charge in [-0.1, -0.05) is 20.8 Å². The molecule has 1 aromatic heterocycles. The number of piperidine rings is 1. The van der Waals surface area contributed by atoms with Gasteiger partial charge in [-0.15, -0.1) is 0 Å². The molecule has 1 aromatic rings. The maximum absolute atomic E-state index is 4.68. The number of anilines is 1. The van der Waals surface area contributed by atoms with Gasteiger partial charge in [-0.2, -0.15) is 0 Å². The van der Waals surface area contributed by atoms with Crippen LogP contribution >= 0.6 is 0 Å². The molecule has 0 saturated carbocycles. The van der Waals surface area contributed by atoms with Crippen molar-refractivity contribution in [1.82, 2.24) is 9.97 Å². The minimum atomic E-state index is 0.105. The Kier molecular flexibility index (Phi) is 3.13. The number of hydrogen-bond acceptors (Lipinski definition) is 3. The van der Waals surface area contributed by atoms with Gasteiger partial charge in [0.25, 0.3) is 0 Å². The molecule has 1 saturated heterocycles. The molecular weight excluding hydrogens is 198 g/mol. The standard InChI is InChI=1S/C13H21N3/c1-13(2,3)11-7-8-14-12(15-11)16-9-5-4-6-10-16/h7-8H,4-6,9-10H2,1-3H3. The Morgan fingerprint density at radius 3 is 2.44 bits per heavy atom. The predicted molar refractivity (Wildman–Crippen MR) is 66.8 cm³/mol. The van der Waals surface area contributed by atoms with Crippen molar-refractivity contribution in [3.8, 4) is 0 Å². The van der Waals surface area contributed by atoms with E-state index in [1.807, 2.05) is 12.3 Å². The van der Waals surface area contributed by atoms with E-state index in [-0.39, 0.29) is 5.41 Å². The van der Waals surface area contributed by atoms with Crippen LogP contribution in [0.25, 0.3) is 0 Å². The summed E-state index contributed by atoms with van der Waals surface area (Å²) in [5.41, 5.74) is 1.23. The van der Waals surface area contributed by atoms with Crippen molar-refractivity contribution in [2.75, 3.05) is 18.0 Å². The van der Waals surface area contributed by atoms with Gasteiger partial charge in [0.1, 0.15) is 0 Å². The number of rotatable bonds is 1. The molecule has 1 aliphatic rings. The van der Waals surface area contributed by atoms with Crippen molar-refractivity contribution in [3.63, 3.8) is 0 Å². The average Bonchev–Trinajstić information content (AvgIpc) is 2.29. The Morgan fingerprint density at radius 2 is 1.81 bits per heavy atom. The van der Waals surface area contributed by atoms with Crippen LogP contribution in [0.2, 0.25) is 0 Å². The first-order valence-electron chi connectivity index (χ1n) is 6.16. The highest BCUT2D eigenvalue weighted by Gasteiger charge is 2.18. The summed E-state index contributed by atoms with van der Waals surface area (Å²) >= 11 is 0. The molecular formula is C13H21N3. The Hall–Kier alpha value is -1.12. The summed E-state index contributed by atoms with van der Waals surface area (Å²) < 4.78 is 0. The smallest absolute Gasteiger partial charge is 0.225 e. The highest BCUT2D eigenvalue weighted by Crippen LogP contribution is 2.22. The molecule has 1 aliphatic heterocycles. The Labute approximate surface area is 97.9 Å². The third-order valence-corrected chi connectivity index (χ3v) is 3.05. The minimum Gasteiger partial charge on any atom is -0.341 e. The lowest BCUT2D eigenvalue weighted by Crippen LogP contribution is -2.31. The van der Waals surface area contributed by atoms with Gasteiger partial charge in [-0.05, 0) is 25.3 Å². The van der Waals surface area contributed by atoms with Crippen LogP contribution in [-0.4, -0.2) is 23.1 Å². The lowest BCUT2D eigenvalue weighted by atomic mass is 9.92. The van der Waals surface area contributed by atoms with E-state index in [2.05, 4.69) is 35.6 Å². The largest absolute Gasteiger partial charge is 0.341 e. The van der Waals surface area contributed by atoms with E-state index in [4.69, 9.17) is 0 Å². The molecule has 0 N–H and O–H groups in total. The quantitative estimate of drug-likeness (QED) is 0.727. The highest BCUT2D eigenvalue weighted by atomic mass is 15.2. The molecule has 3 heteroatoms. The van der Waals surface area contributed by atoms with Crippen LogP contribution < -0.4 is 4.90 Å². The third-order valence-electron chi connectivity index (χ3n) is 3.05. The van der Waals surface area contributed by atoms with Gasteiger partial charge in [0.05, 0.1) is 5.69 Å². The molecule has 88 valence electrons. The van der Waals surface area contributed by atoms with Crippen molar-refractivity contribution in [1.29, 1.82) is 0 Å². The van der Waals surface area contributed by atoms with Gasteiger partial charge in [-0.3, -0.25) is 0 Å². The molecule has 0 spiro atoms. The van der Waals surface area contributed by atoms with Gasteiger partial charge in [0.15, 0.2) is 0 Å². The van der Waals surface area contributed by atoms with Gasteiger partial charge in [0.2, 0.25) is 5.95 Å². The van der Waals surface area contributed by atoms with Crippen LogP contribution in [0.3, 0.4) is 0 Å². The van der Waals surface area contributed by atoms with E-state index in [1.54, 1.807) is 0 Å².